The van der Waals surface area contributed by atoms with Gasteiger partial charge in [-0.05, 0) is 36.8 Å². The number of methoxy groups -OCH3 is 1. The second kappa shape index (κ2) is 7.84. The van der Waals surface area contributed by atoms with Gasteiger partial charge in [0, 0.05) is 10.6 Å². The van der Waals surface area contributed by atoms with E-state index in [0.29, 0.717) is 10.6 Å². The molecule has 2 rings (SSSR count). The van der Waals surface area contributed by atoms with Gasteiger partial charge in [-0.1, -0.05) is 18.2 Å². The van der Waals surface area contributed by atoms with E-state index in [-0.39, 0.29) is 12.2 Å². The van der Waals surface area contributed by atoms with Gasteiger partial charge in [-0.2, -0.15) is 0 Å². The first-order valence-corrected chi connectivity index (χ1v) is 7.85. The minimum absolute atomic E-state index is 0.0263. The molecule has 22 heavy (non-hydrogen) atoms. The monoisotopic (exact) mass is 320 g/mol. The number of rotatable bonds is 6. The standard InChI is InChI=1S/C17H17FO3S/c1-3-21-17(19)14-5-4-6-15(16(14)18)22-11-12-7-9-13(20-2)10-8-12/h4-10H,3,11H2,1-2H3. The fraction of sp³-hybridized carbons (Fsp3) is 0.235. The zero-order valence-corrected chi connectivity index (χ0v) is 13.3. The molecule has 0 spiro atoms. The van der Waals surface area contributed by atoms with Crippen LogP contribution < -0.4 is 4.74 Å². The molecule has 0 aromatic heterocycles. The molecule has 0 aliphatic carbocycles. The van der Waals surface area contributed by atoms with Gasteiger partial charge in [0.15, 0.2) is 5.82 Å². The van der Waals surface area contributed by atoms with Crippen LogP contribution >= 0.6 is 11.8 Å². The summed E-state index contributed by atoms with van der Waals surface area (Å²) in [5.74, 6) is 0.225. The molecule has 0 saturated carbocycles. The minimum atomic E-state index is -0.633. The first kappa shape index (κ1) is 16.4. The minimum Gasteiger partial charge on any atom is -0.497 e. The molecule has 116 valence electrons. The van der Waals surface area contributed by atoms with E-state index in [1.54, 1.807) is 26.2 Å². The molecular formula is C17H17FO3S. The summed E-state index contributed by atoms with van der Waals surface area (Å²) in [6.07, 6.45) is 0. The van der Waals surface area contributed by atoms with Gasteiger partial charge in [-0.25, -0.2) is 9.18 Å². The Kier molecular flexibility index (Phi) is 5.83. The third-order valence-electron chi connectivity index (χ3n) is 3.01. The summed E-state index contributed by atoms with van der Waals surface area (Å²) in [6.45, 7) is 1.92. The van der Waals surface area contributed by atoms with E-state index in [4.69, 9.17) is 9.47 Å². The average Bonchev–Trinajstić information content (AvgIpc) is 2.54. The fourth-order valence-corrected chi connectivity index (χ4v) is 2.80. The normalized spacial score (nSPS) is 10.3. The van der Waals surface area contributed by atoms with Crippen LogP contribution in [0.3, 0.4) is 0 Å². The summed E-state index contributed by atoms with van der Waals surface area (Å²) in [7, 11) is 1.61. The largest absolute Gasteiger partial charge is 0.497 e. The van der Waals surface area contributed by atoms with Crippen molar-refractivity contribution in [3.8, 4) is 5.75 Å². The number of benzene rings is 2. The number of ether oxygens (including phenoxy) is 2. The highest BCUT2D eigenvalue weighted by atomic mass is 32.2. The molecule has 0 aliphatic heterocycles. The maximum absolute atomic E-state index is 14.3. The van der Waals surface area contributed by atoms with Gasteiger partial charge in [0.05, 0.1) is 19.3 Å². The number of hydrogen-bond acceptors (Lipinski definition) is 4. The predicted octanol–water partition coefficient (Wildman–Crippen LogP) is 4.30. The van der Waals surface area contributed by atoms with Crippen LogP contribution in [0.4, 0.5) is 4.39 Å². The molecule has 0 atom stereocenters. The molecule has 0 unspecified atom stereocenters. The van der Waals surface area contributed by atoms with Crippen LogP contribution in [0.5, 0.6) is 5.75 Å². The predicted molar refractivity (Wildman–Crippen MR) is 84.9 cm³/mol. The van der Waals surface area contributed by atoms with Crippen LogP contribution in [0.25, 0.3) is 0 Å². The van der Waals surface area contributed by atoms with Crippen LogP contribution in [0.2, 0.25) is 0 Å². The van der Waals surface area contributed by atoms with Crippen molar-refractivity contribution in [2.24, 2.45) is 0 Å². The molecule has 3 nitrogen and oxygen atoms in total. The van der Waals surface area contributed by atoms with Crippen molar-refractivity contribution in [2.75, 3.05) is 13.7 Å². The Morgan fingerprint density at radius 3 is 2.55 bits per heavy atom. The van der Waals surface area contributed by atoms with Crippen LogP contribution in [-0.2, 0) is 10.5 Å². The van der Waals surface area contributed by atoms with Gasteiger partial charge in [-0.15, -0.1) is 11.8 Å². The van der Waals surface area contributed by atoms with E-state index in [9.17, 15) is 9.18 Å². The van der Waals surface area contributed by atoms with Crippen molar-refractivity contribution >= 4 is 17.7 Å². The van der Waals surface area contributed by atoms with Crippen molar-refractivity contribution in [3.05, 3.63) is 59.4 Å². The lowest BCUT2D eigenvalue weighted by Crippen LogP contribution is -2.07. The molecular weight excluding hydrogens is 303 g/mol. The van der Waals surface area contributed by atoms with Crippen LogP contribution in [0, 0.1) is 5.82 Å². The summed E-state index contributed by atoms with van der Waals surface area (Å²) in [5.41, 5.74) is 1.02. The van der Waals surface area contributed by atoms with Gasteiger partial charge < -0.3 is 9.47 Å². The Morgan fingerprint density at radius 1 is 1.18 bits per heavy atom. The smallest absolute Gasteiger partial charge is 0.341 e. The number of carbonyl (C=O) groups excluding carboxylic acids is 1. The van der Waals surface area contributed by atoms with Gasteiger partial charge in [0.2, 0.25) is 0 Å². The Balaban J connectivity index is 2.09. The highest BCUT2D eigenvalue weighted by Crippen LogP contribution is 2.28. The lowest BCUT2D eigenvalue weighted by atomic mass is 10.2. The molecule has 0 amide bonds. The summed E-state index contributed by atoms with van der Waals surface area (Å²) >= 11 is 1.34. The zero-order valence-electron chi connectivity index (χ0n) is 12.5. The maximum Gasteiger partial charge on any atom is 0.341 e. The maximum atomic E-state index is 14.3. The lowest BCUT2D eigenvalue weighted by Gasteiger charge is -2.08. The molecule has 0 bridgehead atoms. The molecule has 2 aromatic rings. The van der Waals surface area contributed by atoms with E-state index >= 15 is 0 Å². The molecule has 0 N–H and O–H groups in total. The van der Waals surface area contributed by atoms with Crippen molar-refractivity contribution in [1.29, 1.82) is 0 Å². The van der Waals surface area contributed by atoms with Crippen molar-refractivity contribution in [1.82, 2.24) is 0 Å². The van der Waals surface area contributed by atoms with E-state index in [1.807, 2.05) is 24.3 Å². The molecule has 0 fully saturated rings. The van der Waals surface area contributed by atoms with Crippen molar-refractivity contribution < 1.29 is 18.7 Å². The molecule has 0 radical (unpaired) electrons. The third kappa shape index (κ3) is 4.01. The number of halogens is 1. The van der Waals surface area contributed by atoms with E-state index in [0.717, 1.165) is 11.3 Å². The molecule has 0 heterocycles. The number of esters is 1. The highest BCUT2D eigenvalue weighted by molar-refractivity contribution is 7.98. The van der Waals surface area contributed by atoms with Gasteiger partial charge >= 0.3 is 5.97 Å². The number of hydrogen-bond donors (Lipinski definition) is 0. The molecule has 2 aromatic carbocycles. The number of carbonyl (C=O) groups is 1. The Hall–Kier alpha value is -2.01. The van der Waals surface area contributed by atoms with E-state index in [2.05, 4.69) is 0 Å². The molecule has 5 heteroatoms. The van der Waals surface area contributed by atoms with E-state index < -0.39 is 11.8 Å². The fourth-order valence-electron chi connectivity index (χ4n) is 1.87. The quantitative estimate of drug-likeness (QED) is 0.587. The average molecular weight is 320 g/mol. The second-order valence-electron chi connectivity index (χ2n) is 4.47. The lowest BCUT2D eigenvalue weighted by molar-refractivity contribution is 0.0520. The van der Waals surface area contributed by atoms with Crippen LogP contribution in [-0.4, -0.2) is 19.7 Å². The first-order chi connectivity index (χ1) is 10.7. The van der Waals surface area contributed by atoms with Crippen molar-refractivity contribution in [3.63, 3.8) is 0 Å². The second-order valence-corrected chi connectivity index (χ2v) is 5.49. The Morgan fingerprint density at radius 2 is 1.91 bits per heavy atom. The van der Waals surface area contributed by atoms with E-state index in [1.165, 1.54) is 17.8 Å². The topological polar surface area (TPSA) is 35.5 Å². The molecule has 0 aliphatic rings. The van der Waals surface area contributed by atoms with Crippen LogP contribution in [0.15, 0.2) is 47.4 Å². The zero-order chi connectivity index (χ0) is 15.9. The van der Waals surface area contributed by atoms with Crippen LogP contribution in [0.1, 0.15) is 22.8 Å². The summed E-state index contributed by atoms with van der Waals surface area (Å²) in [6, 6.07) is 12.3. The van der Waals surface area contributed by atoms with Gasteiger partial charge in [-0.3, -0.25) is 0 Å². The van der Waals surface area contributed by atoms with Crippen molar-refractivity contribution in [2.45, 2.75) is 17.6 Å². The number of thioether (sulfide) groups is 1. The third-order valence-corrected chi connectivity index (χ3v) is 4.12. The Bertz CT molecular complexity index is 641. The first-order valence-electron chi connectivity index (χ1n) is 6.87. The SMILES string of the molecule is CCOC(=O)c1cccc(SCc2ccc(OC)cc2)c1F. The summed E-state index contributed by atoms with van der Waals surface area (Å²) in [4.78, 5) is 12.1. The van der Waals surface area contributed by atoms with Gasteiger partial charge in [0.1, 0.15) is 5.75 Å². The summed E-state index contributed by atoms with van der Waals surface area (Å²) in [5, 5.41) is 0. The Labute approximate surface area is 133 Å². The summed E-state index contributed by atoms with van der Waals surface area (Å²) < 4.78 is 24.3. The van der Waals surface area contributed by atoms with Gasteiger partial charge in [0.25, 0.3) is 0 Å². The molecule has 0 saturated heterocycles. The highest BCUT2D eigenvalue weighted by Gasteiger charge is 2.16.